The molecule has 0 unspecified atom stereocenters. The molecule has 0 radical (unpaired) electrons. The van der Waals surface area contributed by atoms with Crippen molar-refractivity contribution in [2.75, 3.05) is 0 Å². The number of allylic oxidation sites excluding steroid dienone is 1. The molecule has 0 heterocycles. The average Bonchev–Trinajstić information content (AvgIpc) is 2.41. The maximum absolute atomic E-state index is 12.0. The Labute approximate surface area is 131 Å². The zero-order valence-corrected chi connectivity index (χ0v) is 13.4. The average molecular weight is 304 g/mol. The van der Waals surface area contributed by atoms with Crippen LogP contribution in [0.1, 0.15) is 45.1 Å². The van der Waals surface area contributed by atoms with Crippen molar-refractivity contribution in [1.29, 1.82) is 0 Å². The molecule has 120 valence electrons. The van der Waals surface area contributed by atoms with Gasteiger partial charge in [-0.2, -0.15) is 0 Å². The molecule has 0 spiro atoms. The molecule has 2 atom stereocenters. The molecular formula is C18H24O4. The smallest absolute Gasteiger partial charge is 0.307 e. The second-order valence-corrected chi connectivity index (χ2v) is 6.28. The van der Waals surface area contributed by atoms with Crippen molar-refractivity contribution < 1.29 is 19.4 Å². The molecule has 22 heavy (non-hydrogen) atoms. The number of carboxylic acid groups (broad SMARTS) is 1. The van der Waals surface area contributed by atoms with Gasteiger partial charge >= 0.3 is 11.9 Å². The Hall–Kier alpha value is -2.10. The summed E-state index contributed by atoms with van der Waals surface area (Å²) in [7, 11) is 0. The first kappa shape index (κ1) is 18.0. The van der Waals surface area contributed by atoms with Crippen LogP contribution < -0.4 is 0 Å². The van der Waals surface area contributed by atoms with Gasteiger partial charge in [-0.1, -0.05) is 36.4 Å². The first-order chi connectivity index (χ1) is 10.2. The molecule has 1 aromatic carbocycles. The fraction of sp³-hybridized carbons (Fsp3) is 0.444. The predicted molar refractivity (Wildman–Crippen MR) is 85.6 cm³/mol. The van der Waals surface area contributed by atoms with Crippen molar-refractivity contribution in [2.45, 2.75) is 45.1 Å². The highest BCUT2D eigenvalue weighted by Gasteiger charge is 2.32. The Balaban J connectivity index is 2.97. The third-order valence-electron chi connectivity index (χ3n) is 3.26. The van der Waals surface area contributed by atoms with Gasteiger partial charge in [0, 0.05) is 5.92 Å². The summed E-state index contributed by atoms with van der Waals surface area (Å²) in [5.41, 5.74) is 0.263. The van der Waals surface area contributed by atoms with Gasteiger partial charge in [-0.15, -0.1) is 6.58 Å². The fourth-order valence-corrected chi connectivity index (χ4v) is 2.38. The van der Waals surface area contributed by atoms with Crippen molar-refractivity contribution in [3.8, 4) is 0 Å². The van der Waals surface area contributed by atoms with Gasteiger partial charge in [0.1, 0.15) is 5.60 Å². The highest BCUT2D eigenvalue weighted by Crippen LogP contribution is 2.32. The molecular weight excluding hydrogens is 280 g/mol. The summed E-state index contributed by atoms with van der Waals surface area (Å²) in [5.74, 6) is -2.63. The summed E-state index contributed by atoms with van der Waals surface area (Å²) in [6.07, 6.45) is 2.02. The van der Waals surface area contributed by atoms with Crippen LogP contribution >= 0.6 is 0 Å². The van der Waals surface area contributed by atoms with E-state index in [9.17, 15) is 14.7 Å². The summed E-state index contributed by atoms with van der Waals surface area (Å²) in [6, 6.07) is 9.34. The topological polar surface area (TPSA) is 63.6 Å². The minimum absolute atomic E-state index is 0.153. The van der Waals surface area contributed by atoms with Crippen molar-refractivity contribution >= 4 is 11.9 Å². The summed E-state index contributed by atoms with van der Waals surface area (Å²) < 4.78 is 5.25. The monoisotopic (exact) mass is 304 g/mol. The summed E-state index contributed by atoms with van der Waals surface area (Å²) >= 11 is 0. The third kappa shape index (κ3) is 5.72. The van der Waals surface area contributed by atoms with E-state index in [-0.39, 0.29) is 12.3 Å². The van der Waals surface area contributed by atoms with Crippen molar-refractivity contribution in [1.82, 2.24) is 0 Å². The Bertz CT molecular complexity index is 514. The Morgan fingerprint density at radius 1 is 1.27 bits per heavy atom. The first-order valence-corrected chi connectivity index (χ1v) is 7.35. The van der Waals surface area contributed by atoms with Crippen LogP contribution in [0.5, 0.6) is 0 Å². The molecule has 0 saturated carbocycles. The number of benzene rings is 1. The lowest BCUT2D eigenvalue weighted by atomic mass is 9.81. The number of ether oxygens (including phenoxy) is 1. The number of hydrogen-bond acceptors (Lipinski definition) is 3. The zero-order valence-electron chi connectivity index (χ0n) is 13.4. The van der Waals surface area contributed by atoms with E-state index in [1.807, 2.05) is 30.3 Å². The number of rotatable bonds is 7. The largest absolute Gasteiger partial charge is 0.481 e. The van der Waals surface area contributed by atoms with E-state index < -0.39 is 23.5 Å². The van der Waals surface area contributed by atoms with Crippen LogP contribution in [0.3, 0.4) is 0 Å². The van der Waals surface area contributed by atoms with Crippen LogP contribution in [0.15, 0.2) is 43.0 Å². The quantitative estimate of drug-likeness (QED) is 0.615. The van der Waals surface area contributed by atoms with Gasteiger partial charge in [0.25, 0.3) is 0 Å². The summed E-state index contributed by atoms with van der Waals surface area (Å²) in [4.78, 5) is 23.7. The van der Waals surface area contributed by atoms with Crippen LogP contribution in [0, 0.1) is 5.92 Å². The van der Waals surface area contributed by atoms with Crippen LogP contribution in [0.2, 0.25) is 0 Å². The van der Waals surface area contributed by atoms with Gasteiger partial charge in [-0.3, -0.25) is 9.59 Å². The lowest BCUT2D eigenvalue weighted by Gasteiger charge is -2.25. The molecule has 0 saturated heterocycles. The van der Waals surface area contributed by atoms with Crippen molar-refractivity contribution in [2.24, 2.45) is 5.92 Å². The van der Waals surface area contributed by atoms with E-state index in [1.54, 1.807) is 26.8 Å². The molecule has 4 nitrogen and oxygen atoms in total. The molecule has 0 aliphatic rings. The number of esters is 1. The zero-order chi connectivity index (χ0) is 16.8. The van der Waals surface area contributed by atoms with Gasteiger partial charge in [-0.25, -0.2) is 0 Å². The van der Waals surface area contributed by atoms with E-state index >= 15 is 0 Å². The summed E-state index contributed by atoms with van der Waals surface area (Å²) in [5, 5.41) is 9.54. The Kier molecular flexibility index (Phi) is 6.35. The number of carboxylic acids is 1. The van der Waals surface area contributed by atoms with Gasteiger partial charge < -0.3 is 9.84 Å². The van der Waals surface area contributed by atoms with Crippen molar-refractivity contribution in [3.63, 3.8) is 0 Å². The van der Waals surface area contributed by atoms with E-state index in [4.69, 9.17) is 4.74 Å². The second-order valence-electron chi connectivity index (χ2n) is 6.28. The second kappa shape index (κ2) is 7.78. The van der Waals surface area contributed by atoms with Crippen LogP contribution in [0.4, 0.5) is 0 Å². The third-order valence-corrected chi connectivity index (χ3v) is 3.26. The Morgan fingerprint density at radius 3 is 2.32 bits per heavy atom. The molecule has 0 amide bonds. The van der Waals surface area contributed by atoms with Gasteiger partial charge in [0.05, 0.1) is 12.3 Å². The maximum atomic E-state index is 12.0. The summed E-state index contributed by atoms with van der Waals surface area (Å²) in [6.45, 7) is 8.99. The van der Waals surface area contributed by atoms with Crippen LogP contribution in [-0.2, 0) is 14.3 Å². The molecule has 0 aromatic heterocycles. The Morgan fingerprint density at radius 2 is 1.86 bits per heavy atom. The maximum Gasteiger partial charge on any atom is 0.307 e. The van der Waals surface area contributed by atoms with Crippen LogP contribution in [0.25, 0.3) is 0 Å². The molecule has 0 fully saturated rings. The number of hydrogen-bond donors (Lipinski definition) is 1. The van der Waals surface area contributed by atoms with Crippen LogP contribution in [-0.4, -0.2) is 22.6 Å². The van der Waals surface area contributed by atoms with Gasteiger partial charge in [0.15, 0.2) is 0 Å². The standard InChI is InChI=1S/C18H24O4/c1-5-9-14(13-10-7-6-8-11-13)15(17(20)21)12-16(19)22-18(2,3)4/h5-8,10-11,14-15H,1,9,12H2,2-4H3,(H,20,21)/t14-,15+/m1/s1. The number of carbonyl (C=O) groups is 2. The minimum Gasteiger partial charge on any atom is -0.481 e. The van der Waals surface area contributed by atoms with E-state index in [1.165, 1.54) is 0 Å². The lowest BCUT2D eigenvalue weighted by Crippen LogP contribution is -2.30. The van der Waals surface area contributed by atoms with Crippen molar-refractivity contribution in [3.05, 3.63) is 48.6 Å². The highest BCUT2D eigenvalue weighted by atomic mass is 16.6. The van der Waals surface area contributed by atoms with Gasteiger partial charge in [0.2, 0.25) is 0 Å². The molecule has 0 aliphatic carbocycles. The molecule has 0 bridgehead atoms. The molecule has 1 N–H and O–H groups in total. The van der Waals surface area contributed by atoms with E-state index in [2.05, 4.69) is 6.58 Å². The predicted octanol–water partition coefficient (Wildman–Crippen LogP) is 3.78. The first-order valence-electron chi connectivity index (χ1n) is 7.35. The molecule has 4 heteroatoms. The van der Waals surface area contributed by atoms with E-state index in [0.717, 1.165) is 5.56 Å². The SMILES string of the molecule is C=CC[C@H](c1ccccc1)[C@H](CC(=O)OC(C)(C)C)C(=O)O. The normalized spacial score (nSPS) is 14.0. The number of carbonyl (C=O) groups excluding carboxylic acids is 1. The van der Waals surface area contributed by atoms with Gasteiger partial charge in [-0.05, 0) is 32.8 Å². The number of aliphatic carboxylic acids is 1. The molecule has 0 aliphatic heterocycles. The lowest BCUT2D eigenvalue weighted by molar-refractivity contribution is -0.160. The minimum atomic E-state index is -0.999. The van der Waals surface area contributed by atoms with E-state index in [0.29, 0.717) is 6.42 Å². The molecule has 1 rings (SSSR count). The molecule has 1 aromatic rings. The highest BCUT2D eigenvalue weighted by molar-refractivity contribution is 5.80. The fourth-order valence-electron chi connectivity index (χ4n) is 2.38.